The second kappa shape index (κ2) is 10.4. The molecular weight excluding hydrogens is 564 g/mol. The van der Waals surface area contributed by atoms with Crippen molar-refractivity contribution in [3.63, 3.8) is 0 Å². The smallest absolute Gasteiger partial charge is 0.325 e. The number of methoxy groups -OCH3 is 1. The molecule has 1 unspecified atom stereocenters. The van der Waals surface area contributed by atoms with E-state index in [4.69, 9.17) is 4.74 Å². The first kappa shape index (κ1) is 24.6. The fourth-order valence-corrected chi connectivity index (χ4v) is 4.46. The lowest BCUT2D eigenvalue weighted by molar-refractivity contribution is -0.134. The Balaban J connectivity index is 1.68. The zero-order valence-electron chi connectivity index (χ0n) is 19.0. The number of carbonyl (C=O) groups is 3. The third-order valence-electron chi connectivity index (χ3n) is 5.94. The van der Waals surface area contributed by atoms with Crippen LogP contribution in [0.25, 0.3) is 0 Å². The van der Waals surface area contributed by atoms with Crippen molar-refractivity contribution in [2.45, 2.75) is 24.9 Å². The summed E-state index contributed by atoms with van der Waals surface area (Å²) in [5.41, 5.74) is 1.59. The van der Waals surface area contributed by atoms with Crippen LogP contribution in [0.2, 0.25) is 0 Å². The van der Waals surface area contributed by atoms with Gasteiger partial charge in [0.1, 0.15) is 12.1 Å². The molecule has 0 spiro atoms. The molecule has 1 heterocycles. The van der Waals surface area contributed by atoms with E-state index in [-0.39, 0.29) is 11.3 Å². The number of benzene rings is 3. The molecule has 9 heteroatoms. The Morgan fingerprint density at radius 2 is 1.77 bits per heavy atom. The van der Waals surface area contributed by atoms with Crippen LogP contribution in [0.4, 0.5) is 14.9 Å². The molecule has 1 saturated heterocycles. The summed E-state index contributed by atoms with van der Waals surface area (Å²) >= 11 is 2.16. The van der Waals surface area contributed by atoms with Crippen LogP contribution in [0.15, 0.2) is 72.8 Å². The summed E-state index contributed by atoms with van der Waals surface area (Å²) in [4.78, 5) is 41.0. The molecule has 2 N–H and O–H groups in total. The number of amides is 4. The van der Waals surface area contributed by atoms with Crippen LogP contribution in [0.1, 0.15) is 30.0 Å². The maximum absolute atomic E-state index is 14.3. The van der Waals surface area contributed by atoms with E-state index in [2.05, 4.69) is 33.2 Å². The van der Waals surface area contributed by atoms with Gasteiger partial charge in [-0.3, -0.25) is 9.59 Å². The highest BCUT2D eigenvalue weighted by molar-refractivity contribution is 14.1. The lowest BCUT2D eigenvalue weighted by Crippen LogP contribution is -2.50. The minimum absolute atomic E-state index is 0.0230. The molecule has 1 fully saturated rings. The zero-order valence-corrected chi connectivity index (χ0v) is 21.2. The number of anilines is 1. The molecule has 4 rings (SSSR count). The quantitative estimate of drug-likeness (QED) is 0.306. The van der Waals surface area contributed by atoms with Crippen LogP contribution in [0, 0.1) is 9.39 Å². The second-order valence-corrected chi connectivity index (χ2v) is 9.37. The van der Waals surface area contributed by atoms with E-state index in [1.165, 1.54) is 19.2 Å². The average Bonchev–Trinajstić information content (AvgIpc) is 3.15. The zero-order chi connectivity index (χ0) is 25.1. The number of nitrogens with one attached hydrogen (secondary N) is 2. The lowest BCUT2D eigenvalue weighted by Gasteiger charge is -2.30. The number of urea groups is 1. The molecule has 1 aliphatic rings. The maximum Gasteiger partial charge on any atom is 0.325 e. The molecule has 35 heavy (non-hydrogen) atoms. The van der Waals surface area contributed by atoms with Crippen LogP contribution in [0.5, 0.6) is 5.75 Å². The molecular formula is C26H23FIN3O4. The predicted octanol–water partition coefficient (Wildman–Crippen LogP) is 4.84. The number of hydrogen-bond donors (Lipinski definition) is 2. The first-order valence-electron chi connectivity index (χ1n) is 10.9. The first-order valence-corrected chi connectivity index (χ1v) is 12.0. The molecule has 180 valence electrons. The molecule has 0 bridgehead atoms. The number of hydrogen-bond acceptors (Lipinski definition) is 4. The minimum Gasteiger partial charge on any atom is -0.494 e. The Kier molecular flexibility index (Phi) is 7.34. The lowest BCUT2D eigenvalue weighted by atomic mass is 9.91. The number of rotatable bonds is 7. The number of nitrogens with zero attached hydrogens (tertiary/aromatic N) is 1. The first-order chi connectivity index (χ1) is 16.8. The topological polar surface area (TPSA) is 87.7 Å². The van der Waals surface area contributed by atoms with Crippen molar-refractivity contribution in [2.24, 2.45) is 0 Å². The fourth-order valence-electron chi connectivity index (χ4n) is 4.10. The molecule has 3 atom stereocenters. The predicted molar refractivity (Wildman–Crippen MR) is 138 cm³/mol. The van der Waals surface area contributed by atoms with Gasteiger partial charge in [0, 0.05) is 15.2 Å². The van der Waals surface area contributed by atoms with Crippen LogP contribution in [-0.4, -0.2) is 35.9 Å². The number of carbonyl (C=O) groups excluding carboxylic acids is 3. The van der Waals surface area contributed by atoms with E-state index < -0.39 is 41.7 Å². The Morgan fingerprint density at radius 3 is 2.40 bits per heavy atom. The van der Waals surface area contributed by atoms with E-state index in [1.54, 1.807) is 19.1 Å². The highest BCUT2D eigenvalue weighted by Gasteiger charge is 2.47. The van der Waals surface area contributed by atoms with Crippen molar-refractivity contribution < 1.29 is 23.5 Å². The highest BCUT2D eigenvalue weighted by Crippen LogP contribution is 2.32. The molecule has 0 aliphatic carbocycles. The van der Waals surface area contributed by atoms with Gasteiger partial charge in [-0.25, -0.2) is 14.1 Å². The van der Waals surface area contributed by atoms with Gasteiger partial charge in [0.2, 0.25) is 5.91 Å². The number of imide groups is 1. The monoisotopic (exact) mass is 587 g/mol. The maximum atomic E-state index is 14.3. The summed E-state index contributed by atoms with van der Waals surface area (Å²) < 4.78 is 20.2. The van der Waals surface area contributed by atoms with Gasteiger partial charge in [0.05, 0.1) is 7.11 Å². The molecule has 7 nitrogen and oxygen atoms in total. The van der Waals surface area contributed by atoms with E-state index in [0.717, 1.165) is 20.1 Å². The van der Waals surface area contributed by atoms with Gasteiger partial charge in [0.25, 0.3) is 5.91 Å². The van der Waals surface area contributed by atoms with Crippen molar-refractivity contribution >= 4 is 46.1 Å². The van der Waals surface area contributed by atoms with Gasteiger partial charge < -0.3 is 15.4 Å². The number of ether oxygens (including phenoxy) is 1. The summed E-state index contributed by atoms with van der Waals surface area (Å²) in [5, 5.41) is 5.42. The van der Waals surface area contributed by atoms with Gasteiger partial charge in [-0.05, 0) is 70.1 Å². The summed E-state index contributed by atoms with van der Waals surface area (Å²) in [5.74, 6) is -2.29. The average molecular weight is 587 g/mol. The third kappa shape index (κ3) is 5.14. The van der Waals surface area contributed by atoms with E-state index in [0.29, 0.717) is 5.69 Å². The van der Waals surface area contributed by atoms with Gasteiger partial charge in [0.15, 0.2) is 11.6 Å². The molecule has 3 aromatic rings. The Bertz CT molecular complexity index is 1250. The van der Waals surface area contributed by atoms with Crippen LogP contribution < -0.4 is 15.4 Å². The highest BCUT2D eigenvalue weighted by atomic mass is 127. The van der Waals surface area contributed by atoms with Crippen LogP contribution in [-0.2, 0) is 9.59 Å². The standard InChI is InChI=1S/C26H23FIN3O4/c1-15(16-6-4-3-5-7-16)23(24(32)29-19-11-9-18(28)10-12-19)31-25(33)22(30-26(31)34)17-8-13-21(35-2)20(27)14-17/h3-15,22-23H,1-2H3,(H,29,32)(H,30,34)/t15-,22?,23-/m0/s1. The molecule has 0 radical (unpaired) electrons. The largest absolute Gasteiger partial charge is 0.494 e. The summed E-state index contributed by atoms with van der Waals surface area (Å²) in [7, 11) is 1.34. The van der Waals surface area contributed by atoms with Crippen molar-refractivity contribution in [2.75, 3.05) is 12.4 Å². The van der Waals surface area contributed by atoms with E-state index >= 15 is 0 Å². The Hall–Kier alpha value is -3.47. The van der Waals surface area contributed by atoms with Crippen molar-refractivity contribution in [1.82, 2.24) is 10.2 Å². The summed E-state index contributed by atoms with van der Waals surface area (Å²) in [6, 6.07) is 17.4. The van der Waals surface area contributed by atoms with Gasteiger partial charge in [-0.15, -0.1) is 0 Å². The molecule has 1 aliphatic heterocycles. The SMILES string of the molecule is COc1ccc(C2NC(=O)N([C@H](C(=O)Nc3ccc(I)cc3)[C@@H](C)c3ccccc3)C2=O)cc1F. The van der Waals surface area contributed by atoms with E-state index in [1.807, 2.05) is 42.5 Å². The van der Waals surface area contributed by atoms with Gasteiger partial charge in [-0.2, -0.15) is 0 Å². The van der Waals surface area contributed by atoms with Crippen molar-refractivity contribution in [3.8, 4) is 5.75 Å². The molecule has 0 saturated carbocycles. The summed E-state index contributed by atoms with van der Waals surface area (Å²) in [6.07, 6.45) is 0. The van der Waals surface area contributed by atoms with Gasteiger partial charge in [-0.1, -0.05) is 43.3 Å². The second-order valence-electron chi connectivity index (χ2n) is 8.13. The van der Waals surface area contributed by atoms with Crippen molar-refractivity contribution in [3.05, 3.63) is 93.3 Å². The molecule has 4 amide bonds. The van der Waals surface area contributed by atoms with Gasteiger partial charge >= 0.3 is 6.03 Å². The molecule has 3 aromatic carbocycles. The fraction of sp³-hybridized carbons (Fsp3) is 0.192. The normalized spacial score (nSPS) is 17.0. The molecule has 0 aromatic heterocycles. The Morgan fingerprint density at radius 1 is 1.09 bits per heavy atom. The number of halogens is 2. The van der Waals surface area contributed by atoms with Crippen LogP contribution >= 0.6 is 22.6 Å². The third-order valence-corrected chi connectivity index (χ3v) is 6.66. The summed E-state index contributed by atoms with van der Waals surface area (Å²) in [6.45, 7) is 1.79. The minimum atomic E-state index is -1.14. The Labute approximate surface area is 215 Å². The van der Waals surface area contributed by atoms with Crippen LogP contribution in [0.3, 0.4) is 0 Å². The van der Waals surface area contributed by atoms with Crippen molar-refractivity contribution in [1.29, 1.82) is 0 Å². The van der Waals surface area contributed by atoms with E-state index in [9.17, 15) is 18.8 Å².